The minimum atomic E-state index is -0.0811. The second-order valence-electron chi connectivity index (χ2n) is 3.95. The largest absolute Gasteiger partial charge is 0.367 e. The molecule has 0 aliphatic carbocycles. The molecule has 0 aromatic rings. The first kappa shape index (κ1) is 9.65. The molecule has 2 aliphatic rings. The van der Waals surface area contributed by atoms with E-state index >= 15 is 0 Å². The van der Waals surface area contributed by atoms with E-state index in [4.69, 9.17) is 4.74 Å². The second-order valence-corrected chi connectivity index (χ2v) is 3.95. The lowest BCUT2D eigenvalue weighted by Crippen LogP contribution is -2.41. The van der Waals surface area contributed by atoms with Crippen molar-refractivity contribution in [2.45, 2.75) is 51.4 Å². The number of hydrogen-bond acceptors (Lipinski definition) is 3. The zero-order valence-electron chi connectivity index (χ0n) is 8.53. The minimum absolute atomic E-state index is 0.0483. The fourth-order valence-electron chi connectivity index (χ4n) is 2.10. The average molecular weight is 197 g/mol. The Kier molecular flexibility index (Phi) is 2.31. The average Bonchev–Trinajstić information content (AvgIpc) is 2.87. The number of hydrogen-bond donors (Lipinski definition) is 0. The molecule has 2 aliphatic heterocycles. The maximum absolute atomic E-state index is 11.4. The fraction of sp³-hybridized carbons (Fsp3) is 0.800. The van der Waals surface area contributed by atoms with Crippen LogP contribution in [0.1, 0.15) is 33.1 Å². The summed E-state index contributed by atoms with van der Waals surface area (Å²) in [6, 6.07) is -0.0811. The van der Waals surface area contributed by atoms with Crippen molar-refractivity contribution in [1.82, 2.24) is 4.90 Å². The number of rotatable bonds is 3. The van der Waals surface area contributed by atoms with Crippen LogP contribution in [0.5, 0.6) is 0 Å². The molecule has 78 valence electrons. The van der Waals surface area contributed by atoms with Crippen molar-refractivity contribution in [1.29, 1.82) is 0 Å². The monoisotopic (exact) mass is 197 g/mol. The van der Waals surface area contributed by atoms with E-state index in [2.05, 4.69) is 0 Å². The first-order chi connectivity index (χ1) is 6.65. The Morgan fingerprint density at radius 3 is 2.43 bits per heavy atom. The van der Waals surface area contributed by atoms with Gasteiger partial charge in [0, 0.05) is 12.8 Å². The smallest absolute Gasteiger partial charge is 0.230 e. The summed E-state index contributed by atoms with van der Waals surface area (Å²) in [6.45, 7) is 3.94. The second kappa shape index (κ2) is 3.35. The third-order valence-corrected chi connectivity index (χ3v) is 3.00. The predicted molar refractivity (Wildman–Crippen MR) is 49.5 cm³/mol. The highest BCUT2D eigenvalue weighted by Crippen LogP contribution is 2.32. The maximum atomic E-state index is 11.4. The Bertz CT molecular complexity index is 261. The van der Waals surface area contributed by atoms with Crippen LogP contribution in [0.3, 0.4) is 0 Å². The number of amides is 2. The number of carbonyl (C=O) groups is 2. The van der Waals surface area contributed by atoms with Crippen molar-refractivity contribution in [3.05, 3.63) is 0 Å². The van der Waals surface area contributed by atoms with Gasteiger partial charge in [-0.15, -0.1) is 0 Å². The molecule has 2 saturated heterocycles. The molecule has 0 aromatic heterocycles. The molecule has 4 heteroatoms. The van der Waals surface area contributed by atoms with Gasteiger partial charge in [-0.3, -0.25) is 14.5 Å². The molecule has 0 bridgehead atoms. The standard InChI is InChI=1S/C10H15NO3/c1-3-7-10(14-7)6(2)11-8(12)4-5-9(11)13/h6-7,10H,3-5H2,1-2H3. The van der Waals surface area contributed by atoms with Gasteiger partial charge in [-0.1, -0.05) is 6.92 Å². The highest BCUT2D eigenvalue weighted by Gasteiger charge is 2.47. The van der Waals surface area contributed by atoms with Crippen LogP contribution in [-0.2, 0) is 14.3 Å². The summed E-state index contributed by atoms with van der Waals surface area (Å²) in [6.07, 6.45) is 2.00. The minimum Gasteiger partial charge on any atom is -0.367 e. The first-order valence-electron chi connectivity index (χ1n) is 5.15. The number of nitrogens with zero attached hydrogens (tertiary/aromatic N) is 1. The first-order valence-corrected chi connectivity index (χ1v) is 5.15. The molecule has 0 aromatic carbocycles. The predicted octanol–water partition coefficient (Wildman–Crippen LogP) is 0.701. The lowest BCUT2D eigenvalue weighted by atomic mass is 10.1. The Balaban J connectivity index is 2.01. The summed E-state index contributed by atoms with van der Waals surface area (Å²) in [4.78, 5) is 24.2. The molecule has 3 atom stereocenters. The van der Waals surface area contributed by atoms with Gasteiger partial charge in [0.1, 0.15) is 6.10 Å². The Morgan fingerprint density at radius 2 is 2.00 bits per heavy atom. The van der Waals surface area contributed by atoms with Crippen LogP contribution in [0.15, 0.2) is 0 Å². The van der Waals surface area contributed by atoms with E-state index in [1.54, 1.807) is 0 Å². The summed E-state index contributed by atoms with van der Waals surface area (Å²) < 4.78 is 5.39. The van der Waals surface area contributed by atoms with Crippen molar-refractivity contribution >= 4 is 11.8 Å². The zero-order chi connectivity index (χ0) is 10.3. The Morgan fingerprint density at radius 1 is 1.43 bits per heavy atom. The fourth-order valence-corrected chi connectivity index (χ4v) is 2.10. The molecule has 2 fully saturated rings. The van der Waals surface area contributed by atoms with Crippen LogP contribution in [-0.4, -0.2) is 35.0 Å². The van der Waals surface area contributed by atoms with Gasteiger partial charge in [0.15, 0.2) is 0 Å². The van der Waals surface area contributed by atoms with Gasteiger partial charge in [-0.2, -0.15) is 0 Å². The van der Waals surface area contributed by atoms with Crippen LogP contribution in [0.4, 0.5) is 0 Å². The summed E-state index contributed by atoms with van der Waals surface area (Å²) in [5.74, 6) is -0.0966. The topological polar surface area (TPSA) is 49.9 Å². The van der Waals surface area contributed by atoms with E-state index in [-0.39, 0.29) is 30.1 Å². The van der Waals surface area contributed by atoms with Crippen molar-refractivity contribution in [3.8, 4) is 0 Å². The van der Waals surface area contributed by atoms with Crippen LogP contribution in [0.2, 0.25) is 0 Å². The summed E-state index contributed by atoms with van der Waals surface area (Å²) >= 11 is 0. The molecule has 4 nitrogen and oxygen atoms in total. The van der Waals surface area contributed by atoms with Gasteiger partial charge in [0.25, 0.3) is 0 Å². The van der Waals surface area contributed by atoms with Crippen LogP contribution in [0.25, 0.3) is 0 Å². The normalized spacial score (nSPS) is 33.7. The van der Waals surface area contributed by atoms with Gasteiger partial charge < -0.3 is 4.74 Å². The SMILES string of the molecule is CCC1OC1C(C)N1C(=O)CCC1=O. The maximum Gasteiger partial charge on any atom is 0.230 e. The third kappa shape index (κ3) is 1.43. The van der Waals surface area contributed by atoms with Crippen LogP contribution >= 0.6 is 0 Å². The van der Waals surface area contributed by atoms with Crippen LogP contribution < -0.4 is 0 Å². The van der Waals surface area contributed by atoms with Crippen molar-refractivity contribution < 1.29 is 14.3 Å². The van der Waals surface area contributed by atoms with Gasteiger partial charge >= 0.3 is 0 Å². The quantitative estimate of drug-likeness (QED) is 0.494. The molecular formula is C10H15NO3. The van der Waals surface area contributed by atoms with E-state index in [1.165, 1.54) is 4.90 Å². The molecule has 0 radical (unpaired) electrons. The number of likely N-dealkylation sites (tertiary alicyclic amines) is 1. The lowest BCUT2D eigenvalue weighted by Gasteiger charge is -2.20. The molecule has 3 unspecified atom stereocenters. The molecule has 0 spiro atoms. The van der Waals surface area contributed by atoms with E-state index < -0.39 is 0 Å². The zero-order valence-corrected chi connectivity index (χ0v) is 8.53. The summed E-state index contributed by atoms with van der Waals surface area (Å²) in [7, 11) is 0. The lowest BCUT2D eigenvalue weighted by molar-refractivity contribution is -0.141. The number of carbonyl (C=O) groups excluding carboxylic acids is 2. The molecule has 0 saturated carbocycles. The molecule has 14 heavy (non-hydrogen) atoms. The molecule has 2 heterocycles. The number of ether oxygens (including phenoxy) is 1. The van der Waals surface area contributed by atoms with Crippen molar-refractivity contribution in [2.75, 3.05) is 0 Å². The van der Waals surface area contributed by atoms with Gasteiger partial charge in [0.2, 0.25) is 11.8 Å². The Hall–Kier alpha value is -0.900. The van der Waals surface area contributed by atoms with Gasteiger partial charge in [0.05, 0.1) is 12.1 Å². The van der Waals surface area contributed by atoms with E-state index in [1.807, 2.05) is 13.8 Å². The Labute approximate surface area is 83.2 Å². The highest BCUT2D eigenvalue weighted by molar-refractivity contribution is 6.02. The van der Waals surface area contributed by atoms with E-state index in [0.29, 0.717) is 12.8 Å². The molecule has 2 rings (SSSR count). The highest BCUT2D eigenvalue weighted by atomic mass is 16.6. The van der Waals surface area contributed by atoms with Gasteiger partial charge in [-0.05, 0) is 13.3 Å². The molecule has 0 N–H and O–H groups in total. The number of imide groups is 1. The van der Waals surface area contributed by atoms with Crippen molar-refractivity contribution in [2.24, 2.45) is 0 Å². The van der Waals surface area contributed by atoms with E-state index in [0.717, 1.165) is 6.42 Å². The number of epoxide rings is 1. The third-order valence-electron chi connectivity index (χ3n) is 3.00. The summed E-state index contributed by atoms with van der Waals surface area (Å²) in [5, 5.41) is 0. The van der Waals surface area contributed by atoms with Gasteiger partial charge in [-0.25, -0.2) is 0 Å². The summed E-state index contributed by atoms with van der Waals surface area (Å²) in [5.41, 5.74) is 0. The van der Waals surface area contributed by atoms with Crippen molar-refractivity contribution in [3.63, 3.8) is 0 Å². The molecular weight excluding hydrogens is 182 g/mol. The van der Waals surface area contributed by atoms with Crippen LogP contribution in [0, 0.1) is 0 Å². The van der Waals surface area contributed by atoms with E-state index in [9.17, 15) is 9.59 Å². The molecule has 2 amide bonds.